The van der Waals surface area contributed by atoms with Crippen LogP contribution in [0.1, 0.15) is 0 Å². The molecule has 0 saturated carbocycles. The number of fused-ring (bicyclic) bond motifs is 9. The van der Waals surface area contributed by atoms with Crippen molar-refractivity contribution >= 4 is 75.4 Å². The van der Waals surface area contributed by atoms with Crippen molar-refractivity contribution in [1.82, 2.24) is 15.0 Å². The quantitative estimate of drug-likeness (QED) is 0.175. The van der Waals surface area contributed by atoms with Crippen molar-refractivity contribution < 1.29 is 8.83 Å². The van der Waals surface area contributed by atoms with Crippen molar-refractivity contribution in [3.63, 3.8) is 0 Å². The Morgan fingerprint density at radius 1 is 0.333 bits per heavy atom. The first-order chi connectivity index (χ1) is 28.2. The van der Waals surface area contributed by atoms with Gasteiger partial charge in [0.05, 0.1) is 0 Å². The lowest BCUT2D eigenvalue weighted by Crippen LogP contribution is -2.00. The summed E-state index contributed by atoms with van der Waals surface area (Å²) in [6.45, 7) is 0. The van der Waals surface area contributed by atoms with Gasteiger partial charge in [0.15, 0.2) is 17.5 Å². The molecule has 0 saturated heterocycles. The van der Waals surface area contributed by atoms with Crippen LogP contribution in [0.4, 0.5) is 0 Å². The summed E-state index contributed by atoms with van der Waals surface area (Å²) < 4.78 is 16.0. The van der Waals surface area contributed by atoms with Crippen molar-refractivity contribution in [2.45, 2.75) is 0 Å². The molecule has 0 aliphatic carbocycles. The second kappa shape index (κ2) is 12.6. The highest BCUT2D eigenvalue weighted by molar-refractivity contribution is 7.25. The molecule has 0 bridgehead atoms. The van der Waals surface area contributed by atoms with Gasteiger partial charge in [-0.1, -0.05) is 127 Å². The molecular weight excluding hydrogens is 719 g/mol. The third kappa shape index (κ3) is 5.12. The summed E-state index contributed by atoms with van der Waals surface area (Å²) in [5.41, 5.74) is 10.4. The molecule has 5 nitrogen and oxygen atoms in total. The minimum absolute atomic E-state index is 0.593. The molecule has 12 aromatic rings. The minimum atomic E-state index is 0.593. The van der Waals surface area contributed by atoms with Crippen LogP contribution in [0.2, 0.25) is 0 Å². The second-order valence-electron chi connectivity index (χ2n) is 14.3. The Labute approximate surface area is 330 Å². The van der Waals surface area contributed by atoms with E-state index >= 15 is 0 Å². The summed E-state index contributed by atoms with van der Waals surface area (Å²) in [6, 6.07) is 60.8. The summed E-state index contributed by atoms with van der Waals surface area (Å²) in [5, 5.41) is 6.67. The minimum Gasteiger partial charge on any atom is -0.456 e. The van der Waals surface area contributed by atoms with Crippen LogP contribution in [-0.4, -0.2) is 15.0 Å². The van der Waals surface area contributed by atoms with Crippen LogP contribution in [-0.2, 0) is 0 Å². The molecule has 0 fully saturated rings. The molecule has 4 heterocycles. The van der Waals surface area contributed by atoms with E-state index in [4.69, 9.17) is 23.8 Å². The predicted octanol–water partition coefficient (Wildman–Crippen LogP) is 14.4. The van der Waals surface area contributed by atoms with E-state index in [-0.39, 0.29) is 0 Å². The first-order valence-corrected chi connectivity index (χ1v) is 19.7. The van der Waals surface area contributed by atoms with Crippen LogP contribution in [0.15, 0.2) is 185 Å². The van der Waals surface area contributed by atoms with Gasteiger partial charge in [-0.25, -0.2) is 15.0 Å². The number of para-hydroxylation sites is 1. The van der Waals surface area contributed by atoms with Gasteiger partial charge in [-0.3, -0.25) is 0 Å². The Morgan fingerprint density at radius 3 is 1.75 bits per heavy atom. The lowest BCUT2D eigenvalue weighted by Gasteiger charge is -2.10. The van der Waals surface area contributed by atoms with Crippen LogP contribution >= 0.6 is 11.3 Å². The second-order valence-corrected chi connectivity index (χ2v) is 15.4. The van der Waals surface area contributed by atoms with Gasteiger partial charge in [0.1, 0.15) is 22.3 Å². The van der Waals surface area contributed by atoms with Gasteiger partial charge >= 0.3 is 0 Å². The highest BCUT2D eigenvalue weighted by Gasteiger charge is 2.21. The Kier molecular flexibility index (Phi) is 7.03. The van der Waals surface area contributed by atoms with E-state index in [0.29, 0.717) is 17.5 Å². The number of hydrogen-bond acceptors (Lipinski definition) is 6. The average Bonchev–Trinajstić information content (AvgIpc) is 3.98. The molecule has 6 heteroatoms. The zero-order chi connectivity index (χ0) is 37.5. The number of hydrogen-bond donors (Lipinski definition) is 0. The van der Waals surface area contributed by atoms with Gasteiger partial charge in [-0.05, 0) is 65.2 Å². The van der Waals surface area contributed by atoms with Crippen LogP contribution in [0.3, 0.4) is 0 Å². The topological polar surface area (TPSA) is 65.0 Å². The molecule has 4 aromatic heterocycles. The van der Waals surface area contributed by atoms with Gasteiger partial charge in [0, 0.05) is 64.0 Å². The Bertz CT molecular complexity index is 3470. The number of aromatic nitrogens is 3. The summed E-state index contributed by atoms with van der Waals surface area (Å²) in [6.07, 6.45) is 0. The van der Waals surface area contributed by atoms with E-state index in [1.54, 1.807) is 0 Å². The summed E-state index contributed by atoms with van der Waals surface area (Å²) in [5.74, 6) is 1.83. The highest BCUT2D eigenvalue weighted by Crippen LogP contribution is 2.45. The summed E-state index contributed by atoms with van der Waals surface area (Å²) in [7, 11) is 0. The molecule has 0 N–H and O–H groups in total. The first-order valence-electron chi connectivity index (χ1n) is 18.9. The zero-order valence-corrected chi connectivity index (χ0v) is 31.1. The third-order valence-corrected chi connectivity index (χ3v) is 12.1. The number of benzene rings is 8. The van der Waals surface area contributed by atoms with E-state index in [1.165, 1.54) is 20.2 Å². The fourth-order valence-corrected chi connectivity index (χ4v) is 9.38. The van der Waals surface area contributed by atoms with Crippen LogP contribution in [0, 0.1) is 0 Å². The number of rotatable bonds is 5. The normalized spacial score (nSPS) is 11.9. The van der Waals surface area contributed by atoms with Crippen molar-refractivity contribution in [3.8, 4) is 56.4 Å². The van der Waals surface area contributed by atoms with Gasteiger partial charge in [0.2, 0.25) is 0 Å². The lowest BCUT2D eigenvalue weighted by atomic mass is 9.93. The maximum absolute atomic E-state index is 6.72. The average molecular weight is 748 g/mol. The van der Waals surface area contributed by atoms with Crippen molar-refractivity contribution in [2.24, 2.45) is 0 Å². The number of nitrogens with zero attached hydrogens (tertiary/aromatic N) is 3. The molecule has 0 unspecified atom stereocenters. The molecule has 0 aliphatic rings. The van der Waals surface area contributed by atoms with Gasteiger partial charge in [0.25, 0.3) is 0 Å². The first kappa shape index (κ1) is 31.9. The molecule has 266 valence electrons. The van der Waals surface area contributed by atoms with Crippen molar-refractivity contribution in [3.05, 3.63) is 176 Å². The molecule has 12 rings (SSSR count). The Morgan fingerprint density at radius 2 is 0.947 bits per heavy atom. The van der Waals surface area contributed by atoms with Crippen molar-refractivity contribution in [1.29, 1.82) is 0 Å². The lowest BCUT2D eigenvalue weighted by molar-refractivity contribution is 0.668. The Balaban J connectivity index is 1.03. The molecule has 0 amide bonds. The fourth-order valence-electron chi connectivity index (χ4n) is 8.30. The van der Waals surface area contributed by atoms with Gasteiger partial charge in [-0.2, -0.15) is 0 Å². The van der Waals surface area contributed by atoms with Crippen molar-refractivity contribution in [2.75, 3.05) is 0 Å². The van der Waals surface area contributed by atoms with E-state index in [9.17, 15) is 0 Å². The maximum Gasteiger partial charge on any atom is 0.164 e. The fraction of sp³-hybridized carbons (Fsp3) is 0. The Hall–Kier alpha value is -7.41. The molecule has 57 heavy (non-hydrogen) atoms. The van der Waals surface area contributed by atoms with E-state index < -0.39 is 0 Å². The molecule has 0 atom stereocenters. The molecular formula is C51H29N3O2S. The smallest absolute Gasteiger partial charge is 0.164 e. The maximum atomic E-state index is 6.72. The van der Waals surface area contributed by atoms with Crippen LogP contribution in [0.25, 0.3) is 120 Å². The van der Waals surface area contributed by atoms with Crippen LogP contribution in [0.5, 0.6) is 0 Å². The summed E-state index contributed by atoms with van der Waals surface area (Å²) >= 11 is 1.83. The summed E-state index contributed by atoms with van der Waals surface area (Å²) in [4.78, 5) is 15.0. The van der Waals surface area contributed by atoms with E-state index in [2.05, 4.69) is 97.1 Å². The van der Waals surface area contributed by atoms with E-state index in [0.717, 1.165) is 82.8 Å². The number of furan rings is 2. The highest BCUT2D eigenvalue weighted by atomic mass is 32.1. The molecule has 0 radical (unpaired) electrons. The molecule has 0 aliphatic heterocycles. The van der Waals surface area contributed by atoms with Gasteiger partial charge < -0.3 is 8.83 Å². The molecule has 0 spiro atoms. The van der Waals surface area contributed by atoms with E-state index in [1.807, 2.05) is 90.2 Å². The monoisotopic (exact) mass is 747 g/mol. The molecule has 8 aromatic carbocycles. The standard InChI is InChI=1S/C51H29N3O2S/c1-3-12-30(13-4-1)49-52-50(31-14-5-2-6-15-31)54-51(53-49)39-18-11-20-42-46(39)38-24-22-33(29-43(38)55-42)34-25-26-35(48-47(34)37-17-7-9-19-41(37)56-48)32-23-27-45-40(28-32)36-16-8-10-21-44(36)57-45/h1-29H. The zero-order valence-electron chi connectivity index (χ0n) is 30.3. The third-order valence-electron chi connectivity index (χ3n) is 11.0. The van der Waals surface area contributed by atoms with Crippen LogP contribution < -0.4 is 0 Å². The predicted molar refractivity (Wildman–Crippen MR) is 234 cm³/mol. The van der Waals surface area contributed by atoms with Gasteiger partial charge in [-0.15, -0.1) is 11.3 Å². The number of thiophene rings is 1. The largest absolute Gasteiger partial charge is 0.456 e. The SMILES string of the molecule is c1ccc(-c2nc(-c3ccccc3)nc(-c3cccc4oc5cc(-c6ccc(-c7ccc8sc9ccccc9c8c7)c7oc8ccccc8c67)ccc5c34)n2)cc1.